The quantitative estimate of drug-likeness (QED) is 0.467. The minimum absolute atomic E-state index is 0.486. The largest absolute Gasteiger partial charge is 0.359 e. The van der Waals surface area contributed by atoms with Crippen LogP contribution in [0.2, 0.25) is 0 Å². The predicted molar refractivity (Wildman–Crippen MR) is 30.1 cm³/mol. The van der Waals surface area contributed by atoms with Crippen LogP contribution in [0.1, 0.15) is 0 Å². The van der Waals surface area contributed by atoms with Gasteiger partial charge in [0, 0.05) is 0 Å². The van der Waals surface area contributed by atoms with Crippen LogP contribution >= 0.6 is 0 Å². The Hall–Kier alpha value is -1.72. The van der Waals surface area contributed by atoms with Crippen LogP contribution in [0.3, 0.4) is 0 Å². The van der Waals surface area contributed by atoms with Crippen molar-refractivity contribution >= 4 is 6.03 Å². The van der Waals surface area contributed by atoms with Gasteiger partial charge in [-0.05, 0) is 0 Å². The van der Waals surface area contributed by atoms with E-state index in [1.165, 1.54) is 0 Å². The van der Waals surface area contributed by atoms with Crippen molar-refractivity contribution in [3.8, 4) is 0 Å². The molecule has 0 aliphatic rings. The molecule has 0 aliphatic carbocycles. The lowest BCUT2D eigenvalue weighted by molar-refractivity contribution is 0.248. The minimum atomic E-state index is -0.939. The number of amides is 1. The van der Waals surface area contributed by atoms with E-state index >= 15 is 0 Å². The van der Waals surface area contributed by atoms with Gasteiger partial charge < -0.3 is 5.73 Å². The van der Waals surface area contributed by atoms with E-state index in [0.717, 1.165) is 6.33 Å². The summed E-state index contributed by atoms with van der Waals surface area (Å²) in [4.78, 5) is 27.3. The smallest absolute Gasteiger partial charge is 0.351 e. The summed E-state index contributed by atoms with van der Waals surface area (Å²) in [5.41, 5.74) is 3.95. The molecule has 51 valence electrons. The summed E-state index contributed by atoms with van der Waals surface area (Å²) < 4.78 is 0.486. The lowest BCUT2D eigenvalue weighted by Gasteiger charge is -1.91. The zero-order valence-corrected chi connectivity index (χ0v) is 4.81. The second-order valence-corrected chi connectivity index (χ2v) is 1.43. The first-order valence-corrected chi connectivity index (χ1v) is 2.33. The first-order valence-electron chi connectivity index (χ1n) is 2.33. The molecule has 1 rings (SSSR count). The number of carbonyl (C=O) groups excluding carboxylic acids is 1. The number of primary amides is 1. The van der Waals surface area contributed by atoms with Gasteiger partial charge in [-0.2, -0.15) is 9.55 Å². The van der Waals surface area contributed by atoms with Crippen molar-refractivity contribution < 1.29 is 4.79 Å². The van der Waals surface area contributed by atoms with Gasteiger partial charge in [-0.3, -0.25) is 0 Å². The molecule has 0 aliphatic heterocycles. The van der Waals surface area contributed by atoms with Crippen molar-refractivity contribution in [3.05, 3.63) is 23.1 Å². The summed E-state index contributed by atoms with van der Waals surface area (Å²) in [6.07, 6.45) is 3.04. The van der Waals surface area contributed by atoms with Crippen LogP contribution < -0.4 is 11.4 Å². The number of aromatic nitrogens is 3. The first-order chi connectivity index (χ1) is 4.72. The maximum Gasteiger partial charge on any atom is 0.359 e. The second kappa shape index (κ2) is 2.26. The van der Waals surface area contributed by atoms with Gasteiger partial charge in [0.05, 0.1) is 0 Å². The van der Waals surface area contributed by atoms with E-state index in [2.05, 4.69) is 16.3 Å². The molecule has 1 aromatic heterocycles. The number of nitrogens with two attached hydrogens (primary N) is 1. The van der Waals surface area contributed by atoms with Gasteiger partial charge in [-0.25, -0.2) is 14.6 Å². The topological polar surface area (TPSA) is 90.9 Å². The third kappa shape index (κ3) is 0.993. The van der Waals surface area contributed by atoms with Crippen molar-refractivity contribution in [3.63, 3.8) is 0 Å². The van der Waals surface area contributed by atoms with Gasteiger partial charge in [0.1, 0.15) is 6.33 Å². The van der Waals surface area contributed by atoms with Gasteiger partial charge in [0.25, 0.3) is 0 Å². The summed E-state index contributed by atoms with van der Waals surface area (Å²) in [5.74, 6) is 0. The lowest BCUT2D eigenvalue weighted by Crippen LogP contribution is -2.33. The Labute approximate surface area is 55.3 Å². The van der Waals surface area contributed by atoms with Crippen molar-refractivity contribution in [1.82, 2.24) is 14.5 Å². The monoisotopic (exact) mass is 139 g/mol. The van der Waals surface area contributed by atoms with Gasteiger partial charge in [0.15, 0.2) is 6.33 Å². The Morgan fingerprint density at radius 3 is 2.90 bits per heavy atom. The van der Waals surface area contributed by atoms with Gasteiger partial charge >= 0.3 is 11.7 Å². The number of nitrogens with zero attached hydrogens (tertiary/aromatic N) is 3. The summed E-state index contributed by atoms with van der Waals surface area (Å²) in [6.45, 7) is 0. The fourth-order valence-electron chi connectivity index (χ4n) is 0.406. The molecule has 2 N–H and O–H groups in total. The van der Waals surface area contributed by atoms with E-state index in [-0.39, 0.29) is 0 Å². The first kappa shape index (κ1) is 6.40. The van der Waals surface area contributed by atoms with Crippen LogP contribution in [0.15, 0.2) is 11.1 Å². The van der Waals surface area contributed by atoms with E-state index in [1.54, 1.807) is 0 Å². The highest BCUT2D eigenvalue weighted by Gasteiger charge is 1.99. The molecule has 6 nitrogen and oxygen atoms in total. The molecular formula is C4H3N4O2. The Morgan fingerprint density at radius 1 is 1.80 bits per heavy atom. The maximum atomic E-state index is 10.5. The van der Waals surface area contributed by atoms with E-state index in [0.29, 0.717) is 4.57 Å². The zero-order valence-electron chi connectivity index (χ0n) is 4.81. The molecule has 1 radical (unpaired) electrons. The third-order valence-electron chi connectivity index (χ3n) is 0.795. The Kier molecular flexibility index (Phi) is 1.44. The minimum Gasteiger partial charge on any atom is -0.351 e. The molecule has 1 aromatic rings. The predicted octanol–water partition coefficient (Wildman–Crippen LogP) is -1.63. The summed E-state index contributed by atoms with van der Waals surface area (Å²) in [5, 5.41) is 0. The summed E-state index contributed by atoms with van der Waals surface area (Å²) in [7, 11) is 0. The molecule has 0 saturated carbocycles. The van der Waals surface area contributed by atoms with Crippen molar-refractivity contribution in [2.24, 2.45) is 5.73 Å². The molecule has 0 saturated heterocycles. The summed E-state index contributed by atoms with van der Waals surface area (Å²) in [6, 6.07) is -0.939. The summed E-state index contributed by atoms with van der Waals surface area (Å²) >= 11 is 0. The molecule has 0 unspecified atom stereocenters. The van der Waals surface area contributed by atoms with Gasteiger partial charge in [-0.15, -0.1) is 0 Å². The zero-order chi connectivity index (χ0) is 7.56. The average molecular weight is 139 g/mol. The van der Waals surface area contributed by atoms with Crippen LogP contribution in [0.25, 0.3) is 0 Å². The molecule has 1 amide bonds. The normalized spacial score (nSPS) is 9.20. The van der Waals surface area contributed by atoms with Crippen LogP contribution in [-0.4, -0.2) is 20.6 Å². The molecule has 0 fully saturated rings. The fourth-order valence-corrected chi connectivity index (χ4v) is 0.406. The molecule has 10 heavy (non-hydrogen) atoms. The Bertz CT molecular complexity index is 304. The highest BCUT2D eigenvalue weighted by atomic mass is 16.2. The molecule has 1 heterocycles. The number of hydrogen-bond donors (Lipinski definition) is 1. The average Bonchev–Trinajstić information content (AvgIpc) is 1.88. The molecular weight excluding hydrogens is 136 g/mol. The Balaban J connectivity index is 3.29. The van der Waals surface area contributed by atoms with Crippen molar-refractivity contribution in [1.29, 1.82) is 0 Å². The van der Waals surface area contributed by atoms with E-state index in [1.807, 2.05) is 0 Å². The van der Waals surface area contributed by atoms with E-state index in [4.69, 9.17) is 5.73 Å². The van der Waals surface area contributed by atoms with Crippen LogP contribution in [0.4, 0.5) is 4.79 Å². The number of rotatable bonds is 0. The lowest BCUT2D eigenvalue weighted by atomic mass is 10.9. The molecule has 0 aromatic carbocycles. The third-order valence-corrected chi connectivity index (χ3v) is 0.795. The van der Waals surface area contributed by atoms with Crippen molar-refractivity contribution in [2.75, 3.05) is 0 Å². The number of hydrogen-bond acceptors (Lipinski definition) is 4. The molecule has 0 spiro atoms. The van der Waals surface area contributed by atoms with E-state index in [9.17, 15) is 9.59 Å². The van der Waals surface area contributed by atoms with Gasteiger partial charge in [-0.1, -0.05) is 0 Å². The molecule has 6 heteroatoms. The highest BCUT2D eigenvalue weighted by molar-refractivity contribution is 5.73. The number of carbonyl (C=O) groups is 1. The van der Waals surface area contributed by atoms with E-state index < -0.39 is 11.7 Å². The molecule has 0 bridgehead atoms. The Morgan fingerprint density at radius 2 is 2.50 bits per heavy atom. The second-order valence-electron chi connectivity index (χ2n) is 1.43. The van der Waals surface area contributed by atoms with Gasteiger partial charge in [0.2, 0.25) is 0 Å². The maximum absolute atomic E-state index is 10.5. The SMILES string of the molecule is NC(=O)n1[c]ncnc1=O. The fraction of sp³-hybridized carbons (Fsp3) is 0. The highest BCUT2D eigenvalue weighted by Crippen LogP contribution is 1.67. The molecule has 0 atom stereocenters. The van der Waals surface area contributed by atoms with Crippen LogP contribution in [-0.2, 0) is 0 Å². The van der Waals surface area contributed by atoms with Crippen molar-refractivity contribution in [2.45, 2.75) is 0 Å². The standard InChI is InChI=1S/C4H3N4O2/c5-3(9)8-2-6-1-7-4(8)10/h1H,(H2,5,9). The van der Waals surface area contributed by atoms with Crippen LogP contribution in [0, 0.1) is 6.33 Å². The van der Waals surface area contributed by atoms with Crippen LogP contribution in [0.5, 0.6) is 0 Å².